The van der Waals surface area contributed by atoms with Gasteiger partial charge in [-0.15, -0.1) is 22.7 Å². The minimum atomic E-state index is 0.456. The van der Waals surface area contributed by atoms with E-state index in [0.29, 0.717) is 6.04 Å². The van der Waals surface area contributed by atoms with Crippen LogP contribution in [0.5, 0.6) is 0 Å². The summed E-state index contributed by atoms with van der Waals surface area (Å²) < 4.78 is 5.87. The molecule has 0 bridgehead atoms. The van der Waals surface area contributed by atoms with Crippen LogP contribution in [0.4, 0.5) is 0 Å². The van der Waals surface area contributed by atoms with Crippen molar-refractivity contribution in [3.05, 3.63) is 50.9 Å². The molecule has 3 heterocycles. The van der Waals surface area contributed by atoms with Crippen molar-refractivity contribution in [2.75, 3.05) is 0 Å². The van der Waals surface area contributed by atoms with Crippen molar-refractivity contribution in [2.45, 2.75) is 46.8 Å². The lowest BCUT2D eigenvalue weighted by atomic mass is 10.2. The Morgan fingerprint density at radius 3 is 2.57 bits per heavy atom. The highest BCUT2D eigenvalue weighted by molar-refractivity contribution is 7.13. The third-order valence-electron chi connectivity index (χ3n) is 4.02. The number of nitrogens with zero attached hydrogens (tertiary/aromatic N) is 2. The van der Waals surface area contributed by atoms with Crippen molar-refractivity contribution in [1.82, 2.24) is 9.88 Å². The maximum Gasteiger partial charge on any atom is 0.236 e. The van der Waals surface area contributed by atoms with E-state index in [4.69, 9.17) is 9.40 Å². The Morgan fingerprint density at radius 2 is 1.96 bits per heavy atom. The van der Waals surface area contributed by atoms with Crippen molar-refractivity contribution in [2.24, 2.45) is 0 Å². The van der Waals surface area contributed by atoms with Crippen molar-refractivity contribution in [3.63, 3.8) is 0 Å². The Balaban J connectivity index is 1.79. The van der Waals surface area contributed by atoms with E-state index in [0.717, 1.165) is 35.3 Å². The van der Waals surface area contributed by atoms with Gasteiger partial charge in [0.25, 0.3) is 0 Å². The zero-order valence-electron chi connectivity index (χ0n) is 14.0. The van der Waals surface area contributed by atoms with Crippen LogP contribution < -0.4 is 0 Å². The summed E-state index contributed by atoms with van der Waals surface area (Å²) in [5.41, 5.74) is 2.41. The molecule has 122 valence electrons. The summed E-state index contributed by atoms with van der Waals surface area (Å²) in [6.45, 7) is 10.4. The van der Waals surface area contributed by atoms with E-state index in [-0.39, 0.29) is 0 Å². The molecule has 0 unspecified atom stereocenters. The lowest BCUT2D eigenvalue weighted by molar-refractivity contribution is 0.202. The molecule has 3 aromatic rings. The molecule has 23 heavy (non-hydrogen) atoms. The Bertz CT molecular complexity index is 756. The summed E-state index contributed by atoms with van der Waals surface area (Å²) in [6.07, 6.45) is 0. The first-order valence-corrected chi connectivity index (χ1v) is 9.57. The number of hydrogen-bond acceptors (Lipinski definition) is 5. The lowest BCUT2D eigenvalue weighted by Gasteiger charge is -2.25. The quantitative estimate of drug-likeness (QED) is 0.591. The van der Waals surface area contributed by atoms with Gasteiger partial charge in [-0.05, 0) is 56.2 Å². The summed E-state index contributed by atoms with van der Waals surface area (Å²) in [5, 5.41) is 4.22. The fourth-order valence-electron chi connectivity index (χ4n) is 2.44. The summed E-state index contributed by atoms with van der Waals surface area (Å²) in [6, 6.07) is 6.72. The third-order valence-corrected chi connectivity index (χ3v) is 5.89. The highest BCUT2D eigenvalue weighted by atomic mass is 32.1. The molecule has 0 amide bonds. The number of aromatic nitrogens is 1. The van der Waals surface area contributed by atoms with E-state index in [1.807, 2.05) is 24.3 Å². The molecule has 0 atom stereocenters. The molecule has 0 aliphatic carbocycles. The molecule has 0 spiro atoms. The average Bonchev–Trinajstić information content (AvgIpc) is 3.21. The lowest BCUT2D eigenvalue weighted by Crippen LogP contribution is -2.30. The Kier molecular flexibility index (Phi) is 4.99. The van der Waals surface area contributed by atoms with E-state index in [2.05, 4.69) is 48.6 Å². The van der Waals surface area contributed by atoms with E-state index in [1.54, 1.807) is 11.3 Å². The topological polar surface area (TPSA) is 29.3 Å². The van der Waals surface area contributed by atoms with Crippen molar-refractivity contribution >= 4 is 22.7 Å². The monoisotopic (exact) mass is 346 g/mol. The first-order chi connectivity index (χ1) is 11.0. The number of hydrogen-bond donors (Lipinski definition) is 0. The van der Waals surface area contributed by atoms with Gasteiger partial charge in [-0.1, -0.05) is 6.07 Å². The van der Waals surface area contributed by atoms with E-state index in [9.17, 15) is 0 Å². The molecule has 0 aromatic carbocycles. The second kappa shape index (κ2) is 6.99. The molecule has 0 aliphatic rings. The van der Waals surface area contributed by atoms with Crippen molar-refractivity contribution in [1.29, 1.82) is 0 Å². The molecule has 0 fully saturated rings. The average molecular weight is 347 g/mol. The molecule has 3 nitrogen and oxygen atoms in total. The van der Waals surface area contributed by atoms with Gasteiger partial charge >= 0.3 is 0 Å². The number of thiophene rings is 2. The molecule has 0 N–H and O–H groups in total. The number of rotatable bonds is 6. The minimum Gasteiger partial charge on any atom is -0.440 e. The highest BCUT2D eigenvalue weighted by Gasteiger charge is 2.18. The van der Waals surface area contributed by atoms with E-state index >= 15 is 0 Å². The van der Waals surface area contributed by atoms with Gasteiger partial charge in [0.05, 0.1) is 10.6 Å². The van der Waals surface area contributed by atoms with E-state index in [1.165, 1.54) is 10.4 Å². The van der Waals surface area contributed by atoms with Crippen molar-refractivity contribution < 1.29 is 4.42 Å². The molecule has 3 aromatic heterocycles. The normalized spacial score (nSPS) is 11.7. The maximum atomic E-state index is 5.87. The van der Waals surface area contributed by atoms with Gasteiger partial charge in [0.2, 0.25) is 5.89 Å². The highest BCUT2D eigenvalue weighted by Crippen LogP contribution is 2.27. The molecular weight excluding hydrogens is 324 g/mol. The first kappa shape index (κ1) is 16.4. The van der Waals surface area contributed by atoms with Gasteiger partial charge in [-0.2, -0.15) is 0 Å². The summed E-state index contributed by atoms with van der Waals surface area (Å²) >= 11 is 3.49. The Labute approximate surface area is 145 Å². The molecule has 0 aliphatic heterocycles. The Morgan fingerprint density at radius 1 is 1.13 bits per heavy atom. The standard InChI is InChI=1S/C18H22N2OS2/c1-12(2)20(11-17-13(3)7-9-23-17)10-15-14(4)21-18(19-15)16-6-5-8-22-16/h5-9,12H,10-11H2,1-4H3. The summed E-state index contributed by atoms with van der Waals surface area (Å²) in [4.78, 5) is 9.69. The zero-order valence-corrected chi connectivity index (χ0v) is 15.6. The van der Waals surface area contributed by atoms with Crippen LogP contribution in [0, 0.1) is 13.8 Å². The SMILES string of the molecule is Cc1ccsc1CN(Cc1nc(-c2cccs2)oc1C)C(C)C. The predicted molar refractivity (Wildman–Crippen MR) is 98.0 cm³/mol. The molecule has 0 saturated heterocycles. The van der Waals surface area contributed by atoms with E-state index < -0.39 is 0 Å². The van der Waals surface area contributed by atoms with Crippen LogP contribution >= 0.6 is 22.7 Å². The van der Waals surface area contributed by atoms with Crippen LogP contribution in [0.2, 0.25) is 0 Å². The summed E-state index contributed by atoms with van der Waals surface area (Å²) in [7, 11) is 0. The zero-order chi connectivity index (χ0) is 16.4. The van der Waals surface area contributed by atoms with Crippen LogP contribution in [0.1, 0.15) is 35.7 Å². The molecular formula is C18H22N2OS2. The molecule has 0 radical (unpaired) electrons. The van der Waals surface area contributed by atoms with Gasteiger partial charge in [-0.25, -0.2) is 4.98 Å². The molecule has 5 heteroatoms. The fourth-order valence-corrected chi connectivity index (χ4v) is 4.02. The molecule has 0 saturated carbocycles. The fraction of sp³-hybridized carbons (Fsp3) is 0.389. The number of aryl methyl sites for hydroxylation is 2. The summed E-state index contributed by atoms with van der Waals surface area (Å²) in [5.74, 6) is 1.66. The van der Waals surface area contributed by atoms with Crippen LogP contribution in [-0.2, 0) is 13.1 Å². The molecule has 3 rings (SSSR count). The van der Waals surface area contributed by atoms with Gasteiger partial charge in [0, 0.05) is 24.0 Å². The maximum absolute atomic E-state index is 5.87. The predicted octanol–water partition coefficient (Wildman–Crippen LogP) is 5.49. The second-order valence-electron chi connectivity index (χ2n) is 6.02. The Hall–Kier alpha value is -1.43. The van der Waals surface area contributed by atoms with Crippen LogP contribution in [0.3, 0.4) is 0 Å². The third kappa shape index (κ3) is 3.74. The minimum absolute atomic E-state index is 0.456. The smallest absolute Gasteiger partial charge is 0.236 e. The van der Waals surface area contributed by atoms with Crippen LogP contribution in [0.25, 0.3) is 10.8 Å². The largest absolute Gasteiger partial charge is 0.440 e. The second-order valence-corrected chi connectivity index (χ2v) is 7.97. The van der Waals surface area contributed by atoms with Crippen LogP contribution in [0.15, 0.2) is 33.4 Å². The number of oxazole rings is 1. The van der Waals surface area contributed by atoms with Gasteiger partial charge in [-0.3, -0.25) is 4.90 Å². The van der Waals surface area contributed by atoms with Gasteiger partial charge < -0.3 is 4.42 Å². The first-order valence-electron chi connectivity index (χ1n) is 7.81. The van der Waals surface area contributed by atoms with Gasteiger partial charge in [0.1, 0.15) is 5.76 Å². The van der Waals surface area contributed by atoms with Crippen molar-refractivity contribution in [3.8, 4) is 10.8 Å². The van der Waals surface area contributed by atoms with Gasteiger partial charge in [0.15, 0.2) is 0 Å². The van der Waals surface area contributed by atoms with Crippen LogP contribution in [-0.4, -0.2) is 15.9 Å².